The van der Waals surface area contributed by atoms with Gasteiger partial charge in [-0.1, -0.05) is 29.8 Å². The number of hydrogen-bond donors (Lipinski definition) is 1. The number of ether oxygens (including phenoxy) is 3. The van der Waals surface area contributed by atoms with Crippen molar-refractivity contribution in [3.63, 3.8) is 0 Å². The molecule has 0 radical (unpaired) electrons. The minimum atomic E-state index is -3.02. The molecule has 0 aliphatic heterocycles. The van der Waals surface area contributed by atoms with E-state index in [2.05, 4.69) is 10.1 Å². The quantitative estimate of drug-likeness (QED) is 0.465. The van der Waals surface area contributed by atoms with E-state index >= 15 is 0 Å². The average molecular weight is 452 g/mol. The minimum absolute atomic E-state index is 0.0870. The molecule has 10 heteroatoms. The Morgan fingerprint density at radius 1 is 1.06 bits per heavy atom. The molecule has 0 spiro atoms. The van der Waals surface area contributed by atoms with Crippen molar-refractivity contribution in [2.75, 3.05) is 11.9 Å². The number of esters is 1. The van der Waals surface area contributed by atoms with Crippen LogP contribution in [-0.4, -0.2) is 25.1 Å². The van der Waals surface area contributed by atoms with Crippen molar-refractivity contribution in [3.05, 3.63) is 77.2 Å². The summed E-state index contributed by atoms with van der Waals surface area (Å²) in [5.74, 6) is -0.762. The summed E-state index contributed by atoms with van der Waals surface area (Å²) in [5, 5.41) is 2.30. The highest BCUT2D eigenvalue weighted by Gasteiger charge is 2.16. The van der Waals surface area contributed by atoms with Gasteiger partial charge in [-0.25, -0.2) is 4.79 Å². The number of rotatable bonds is 9. The van der Waals surface area contributed by atoms with E-state index in [0.717, 1.165) is 0 Å². The number of amides is 1. The summed E-state index contributed by atoms with van der Waals surface area (Å²) in [6.07, 6.45) is 0. The number of furan rings is 1. The third-order valence-electron chi connectivity index (χ3n) is 3.75. The predicted molar refractivity (Wildman–Crippen MR) is 106 cm³/mol. The normalized spacial score (nSPS) is 10.6. The Balaban J connectivity index is 1.46. The van der Waals surface area contributed by atoms with Crippen molar-refractivity contribution in [2.45, 2.75) is 13.2 Å². The minimum Gasteiger partial charge on any atom is -0.486 e. The van der Waals surface area contributed by atoms with Crippen LogP contribution in [0.25, 0.3) is 0 Å². The number of halogens is 3. The molecule has 3 aromatic rings. The Bertz CT molecular complexity index is 1040. The molecule has 1 amide bonds. The van der Waals surface area contributed by atoms with E-state index in [1.807, 2.05) is 18.2 Å². The zero-order chi connectivity index (χ0) is 22.2. The fourth-order valence-corrected chi connectivity index (χ4v) is 2.63. The summed E-state index contributed by atoms with van der Waals surface area (Å²) >= 11 is 5.81. The second-order valence-corrected chi connectivity index (χ2v) is 6.42. The molecule has 0 saturated carbocycles. The SMILES string of the molecule is O=C(COC(=O)c1ccc(COc2ccccc2)o1)Nc1ccc(OC(F)F)c(Cl)c1. The lowest BCUT2D eigenvalue weighted by Crippen LogP contribution is -2.20. The van der Waals surface area contributed by atoms with Gasteiger partial charge in [-0.2, -0.15) is 8.78 Å². The third-order valence-corrected chi connectivity index (χ3v) is 4.05. The van der Waals surface area contributed by atoms with Gasteiger partial charge in [0.15, 0.2) is 6.61 Å². The van der Waals surface area contributed by atoms with Crippen LogP contribution in [0.15, 0.2) is 65.1 Å². The molecule has 31 heavy (non-hydrogen) atoms. The Morgan fingerprint density at radius 3 is 2.55 bits per heavy atom. The van der Waals surface area contributed by atoms with Gasteiger partial charge < -0.3 is 23.9 Å². The summed E-state index contributed by atoms with van der Waals surface area (Å²) in [6.45, 7) is -3.50. The maximum absolute atomic E-state index is 12.2. The lowest BCUT2D eigenvalue weighted by Gasteiger charge is -2.09. The van der Waals surface area contributed by atoms with Crippen LogP contribution < -0.4 is 14.8 Å². The van der Waals surface area contributed by atoms with Crippen LogP contribution in [0.2, 0.25) is 5.02 Å². The Hall–Kier alpha value is -3.59. The molecule has 3 rings (SSSR count). The van der Waals surface area contributed by atoms with E-state index in [4.69, 9.17) is 25.5 Å². The maximum Gasteiger partial charge on any atom is 0.387 e. The number of hydrogen-bond acceptors (Lipinski definition) is 6. The van der Waals surface area contributed by atoms with Gasteiger partial charge in [-0.3, -0.25) is 4.79 Å². The highest BCUT2D eigenvalue weighted by molar-refractivity contribution is 6.32. The molecular weight excluding hydrogens is 436 g/mol. The van der Waals surface area contributed by atoms with Crippen molar-refractivity contribution < 1.29 is 37.0 Å². The molecule has 0 fully saturated rings. The molecule has 1 heterocycles. The fourth-order valence-electron chi connectivity index (χ4n) is 2.41. The predicted octanol–water partition coefficient (Wildman–Crippen LogP) is 4.91. The van der Waals surface area contributed by atoms with Crippen LogP contribution in [0, 0.1) is 0 Å². The van der Waals surface area contributed by atoms with Crippen LogP contribution in [0.4, 0.5) is 14.5 Å². The molecule has 7 nitrogen and oxygen atoms in total. The van der Waals surface area contributed by atoms with Crippen molar-refractivity contribution in [3.8, 4) is 11.5 Å². The molecule has 0 atom stereocenters. The first-order valence-electron chi connectivity index (χ1n) is 8.88. The van der Waals surface area contributed by atoms with E-state index < -0.39 is 25.1 Å². The Labute approximate surface area is 180 Å². The topological polar surface area (TPSA) is 87.0 Å². The second-order valence-electron chi connectivity index (χ2n) is 6.02. The number of carbonyl (C=O) groups is 2. The Kier molecular flexibility index (Phi) is 7.45. The highest BCUT2D eigenvalue weighted by atomic mass is 35.5. The lowest BCUT2D eigenvalue weighted by molar-refractivity contribution is -0.119. The number of benzene rings is 2. The molecule has 0 unspecified atom stereocenters. The van der Waals surface area contributed by atoms with Gasteiger partial charge in [-0.05, 0) is 42.5 Å². The summed E-state index contributed by atoms with van der Waals surface area (Å²) in [6, 6.07) is 15.8. The Morgan fingerprint density at radius 2 is 1.84 bits per heavy atom. The molecule has 0 aliphatic carbocycles. The van der Waals surface area contributed by atoms with Gasteiger partial charge in [0.05, 0.1) is 5.02 Å². The average Bonchev–Trinajstić information content (AvgIpc) is 3.22. The van der Waals surface area contributed by atoms with E-state index in [0.29, 0.717) is 11.5 Å². The number of para-hydroxylation sites is 1. The zero-order valence-corrected chi connectivity index (χ0v) is 16.6. The summed E-state index contributed by atoms with van der Waals surface area (Å²) in [5.41, 5.74) is 0.214. The molecule has 1 aromatic heterocycles. The second kappa shape index (κ2) is 10.4. The van der Waals surface area contributed by atoms with Crippen LogP contribution in [-0.2, 0) is 16.1 Å². The van der Waals surface area contributed by atoms with Gasteiger partial charge in [0, 0.05) is 5.69 Å². The van der Waals surface area contributed by atoms with Gasteiger partial charge in [-0.15, -0.1) is 0 Å². The van der Waals surface area contributed by atoms with Crippen LogP contribution in [0.3, 0.4) is 0 Å². The van der Waals surface area contributed by atoms with Gasteiger partial charge in [0.2, 0.25) is 5.76 Å². The van der Waals surface area contributed by atoms with Crippen LogP contribution in [0.5, 0.6) is 11.5 Å². The molecule has 0 saturated heterocycles. The van der Waals surface area contributed by atoms with Crippen LogP contribution >= 0.6 is 11.6 Å². The lowest BCUT2D eigenvalue weighted by atomic mass is 10.3. The van der Waals surface area contributed by atoms with Gasteiger partial charge in [0.1, 0.15) is 23.9 Å². The van der Waals surface area contributed by atoms with Crippen LogP contribution in [0.1, 0.15) is 16.3 Å². The van der Waals surface area contributed by atoms with Crippen molar-refractivity contribution in [1.82, 2.24) is 0 Å². The van der Waals surface area contributed by atoms with Gasteiger partial charge >= 0.3 is 12.6 Å². The molecule has 0 aliphatic rings. The summed E-state index contributed by atoms with van der Waals surface area (Å²) in [4.78, 5) is 24.0. The fraction of sp³-hybridized carbons (Fsp3) is 0.143. The first kappa shape index (κ1) is 22.1. The van der Waals surface area contributed by atoms with E-state index in [9.17, 15) is 18.4 Å². The first-order chi connectivity index (χ1) is 14.9. The molecule has 1 N–H and O–H groups in total. The first-order valence-corrected chi connectivity index (χ1v) is 9.26. The van der Waals surface area contributed by atoms with Crippen molar-refractivity contribution >= 4 is 29.2 Å². The number of alkyl halides is 2. The number of carbonyl (C=O) groups excluding carboxylic acids is 2. The summed E-state index contributed by atoms with van der Waals surface area (Å²) in [7, 11) is 0. The number of nitrogens with one attached hydrogen (secondary N) is 1. The largest absolute Gasteiger partial charge is 0.486 e. The molecule has 0 bridgehead atoms. The standard InChI is InChI=1S/C21H16ClF2NO6/c22-16-10-13(6-8-17(16)31-21(23)24)25-19(26)12-29-20(27)18-9-7-15(30-18)11-28-14-4-2-1-3-5-14/h1-10,21H,11-12H2,(H,25,26). The highest BCUT2D eigenvalue weighted by Crippen LogP contribution is 2.28. The molecule has 162 valence electrons. The van der Waals surface area contributed by atoms with E-state index in [1.165, 1.54) is 24.3 Å². The third kappa shape index (κ3) is 6.71. The molecule has 2 aromatic carbocycles. The van der Waals surface area contributed by atoms with E-state index in [-0.39, 0.29) is 28.8 Å². The van der Waals surface area contributed by atoms with E-state index in [1.54, 1.807) is 18.2 Å². The smallest absolute Gasteiger partial charge is 0.387 e. The monoisotopic (exact) mass is 451 g/mol. The van der Waals surface area contributed by atoms with Crippen molar-refractivity contribution in [2.24, 2.45) is 0 Å². The maximum atomic E-state index is 12.2. The number of anilines is 1. The molecular formula is C21H16ClF2NO6. The van der Waals surface area contributed by atoms with Gasteiger partial charge in [0.25, 0.3) is 5.91 Å². The van der Waals surface area contributed by atoms with Crippen molar-refractivity contribution in [1.29, 1.82) is 0 Å². The zero-order valence-electron chi connectivity index (χ0n) is 15.8. The summed E-state index contributed by atoms with van der Waals surface area (Å²) < 4.78 is 44.5.